The monoisotopic (exact) mass is 939 g/mol. The summed E-state index contributed by atoms with van der Waals surface area (Å²) in [5, 5.41) is 4.73. The third-order valence-electron chi connectivity index (χ3n) is 14.9. The molecule has 71 heavy (non-hydrogen) atoms. The largest absolute Gasteiger partial charge is 0.455 e. The molecule has 13 aromatic rings. The summed E-state index contributed by atoms with van der Waals surface area (Å²) in [5.74, 6) is 0. The molecule has 0 N–H and O–H groups in total. The Hall–Kier alpha value is -8.41. The zero-order valence-corrected chi connectivity index (χ0v) is 40.0. The lowest BCUT2D eigenvalue weighted by Crippen LogP contribution is -2.32. The molecule has 3 heterocycles. The number of furan rings is 1. The van der Waals surface area contributed by atoms with Crippen molar-refractivity contribution in [2.45, 2.75) is 15.2 Å². The van der Waals surface area contributed by atoms with E-state index in [0.29, 0.717) is 0 Å². The molecular formula is C67H41NOS2. The van der Waals surface area contributed by atoms with Crippen molar-refractivity contribution < 1.29 is 4.42 Å². The topological polar surface area (TPSA) is 16.4 Å². The van der Waals surface area contributed by atoms with Gasteiger partial charge in [-0.05, 0) is 122 Å². The van der Waals surface area contributed by atoms with Crippen molar-refractivity contribution in [3.05, 3.63) is 271 Å². The summed E-state index contributed by atoms with van der Waals surface area (Å²) in [4.78, 5) is 5.05. The van der Waals surface area contributed by atoms with E-state index in [9.17, 15) is 0 Å². The summed E-state index contributed by atoms with van der Waals surface area (Å²) in [5.41, 5.74) is 19.1. The Bertz CT molecular complexity index is 4220. The van der Waals surface area contributed by atoms with Crippen LogP contribution in [0.1, 0.15) is 22.3 Å². The van der Waals surface area contributed by atoms with Crippen LogP contribution in [0.4, 0.5) is 17.1 Å². The van der Waals surface area contributed by atoms with Crippen molar-refractivity contribution in [3.8, 4) is 44.5 Å². The molecule has 2 nitrogen and oxygen atoms in total. The van der Waals surface area contributed by atoms with Gasteiger partial charge in [0.05, 0.1) is 16.5 Å². The molecule has 1 aliphatic heterocycles. The number of anilines is 3. The van der Waals surface area contributed by atoms with Gasteiger partial charge in [0.2, 0.25) is 0 Å². The number of fused-ring (bicyclic) bond motifs is 15. The number of hydrogen-bond acceptors (Lipinski definition) is 4. The number of para-hydroxylation sites is 1. The van der Waals surface area contributed by atoms with E-state index in [-0.39, 0.29) is 0 Å². The lowest BCUT2D eigenvalue weighted by Gasteiger charge is -2.41. The highest BCUT2D eigenvalue weighted by molar-refractivity contribution is 7.99. The fraction of sp³-hybridized carbons (Fsp3) is 0.0149. The highest BCUT2D eigenvalue weighted by atomic mass is 32.2. The first kappa shape index (κ1) is 40.5. The van der Waals surface area contributed by atoms with E-state index in [2.05, 4.69) is 254 Å². The van der Waals surface area contributed by atoms with E-state index >= 15 is 0 Å². The summed E-state index contributed by atoms with van der Waals surface area (Å²) in [6.45, 7) is 0. The number of benzene rings is 11. The van der Waals surface area contributed by atoms with Crippen LogP contribution >= 0.6 is 23.1 Å². The minimum absolute atomic E-state index is 0.601. The Labute approximate surface area is 419 Å². The molecule has 1 aliphatic carbocycles. The zero-order valence-electron chi connectivity index (χ0n) is 38.3. The Morgan fingerprint density at radius 3 is 1.76 bits per heavy atom. The molecule has 11 aromatic carbocycles. The second-order valence-corrected chi connectivity index (χ2v) is 20.8. The SMILES string of the molecule is c1ccc(-c2ccc(N(c3cc(-c4ccc5sc6ccccc6c5c4)c4c(c3)C3(c5ccccc5S4)c4ccccc4-c4ccccc43)c3cccc4oc5c(-c6ccccc6)cccc5c34)cc2)cc1. The van der Waals surface area contributed by atoms with Crippen molar-refractivity contribution in [2.24, 2.45) is 0 Å². The fourth-order valence-corrected chi connectivity index (χ4v) is 14.3. The number of nitrogens with zero attached hydrogens (tertiary/aromatic N) is 1. The molecule has 4 heteroatoms. The van der Waals surface area contributed by atoms with Gasteiger partial charge in [-0.3, -0.25) is 0 Å². The van der Waals surface area contributed by atoms with Crippen molar-refractivity contribution in [1.82, 2.24) is 0 Å². The molecule has 2 aromatic heterocycles. The Morgan fingerprint density at radius 1 is 0.366 bits per heavy atom. The van der Waals surface area contributed by atoms with E-state index in [4.69, 9.17) is 4.42 Å². The normalized spacial score (nSPS) is 13.1. The minimum atomic E-state index is -0.601. The molecule has 0 unspecified atom stereocenters. The van der Waals surface area contributed by atoms with Gasteiger partial charge in [-0.2, -0.15) is 0 Å². The van der Waals surface area contributed by atoms with Gasteiger partial charge in [0, 0.05) is 52.3 Å². The van der Waals surface area contributed by atoms with Crippen LogP contribution < -0.4 is 4.90 Å². The molecule has 2 aliphatic rings. The summed E-state index contributed by atoms with van der Waals surface area (Å²) >= 11 is 3.78. The van der Waals surface area contributed by atoms with Gasteiger partial charge in [0.15, 0.2) is 0 Å². The van der Waals surface area contributed by atoms with E-state index in [0.717, 1.165) is 50.1 Å². The molecular weight excluding hydrogens is 899 g/mol. The Morgan fingerprint density at radius 2 is 0.972 bits per heavy atom. The lowest BCUT2D eigenvalue weighted by atomic mass is 9.66. The molecule has 0 bridgehead atoms. The minimum Gasteiger partial charge on any atom is -0.455 e. The zero-order chi connectivity index (χ0) is 46.6. The van der Waals surface area contributed by atoms with Gasteiger partial charge < -0.3 is 9.32 Å². The smallest absolute Gasteiger partial charge is 0.143 e. The predicted octanol–water partition coefficient (Wildman–Crippen LogP) is 19.3. The van der Waals surface area contributed by atoms with Crippen LogP contribution in [-0.2, 0) is 5.41 Å². The van der Waals surface area contributed by atoms with Crippen LogP contribution in [0, 0.1) is 0 Å². The third kappa shape index (κ3) is 6.02. The van der Waals surface area contributed by atoms with Gasteiger partial charge in [-0.15, -0.1) is 11.3 Å². The van der Waals surface area contributed by atoms with Crippen molar-refractivity contribution in [2.75, 3.05) is 4.90 Å². The van der Waals surface area contributed by atoms with Crippen molar-refractivity contribution in [3.63, 3.8) is 0 Å². The van der Waals surface area contributed by atoms with Crippen LogP contribution in [0.5, 0.6) is 0 Å². The van der Waals surface area contributed by atoms with Gasteiger partial charge in [-0.25, -0.2) is 0 Å². The number of rotatable bonds is 6. The number of hydrogen-bond donors (Lipinski definition) is 0. The molecule has 0 amide bonds. The maximum Gasteiger partial charge on any atom is 0.143 e. The molecule has 1 spiro atoms. The van der Waals surface area contributed by atoms with E-state index in [1.165, 1.54) is 85.6 Å². The first-order valence-electron chi connectivity index (χ1n) is 24.2. The first-order chi connectivity index (χ1) is 35.2. The second-order valence-electron chi connectivity index (χ2n) is 18.7. The third-order valence-corrected chi connectivity index (χ3v) is 17.3. The maximum absolute atomic E-state index is 6.99. The Balaban J connectivity index is 1.07. The van der Waals surface area contributed by atoms with Gasteiger partial charge >= 0.3 is 0 Å². The van der Waals surface area contributed by atoms with Crippen LogP contribution in [0.2, 0.25) is 0 Å². The standard InChI is InChI=1S/C67H41NOS2/c1-3-17-42(18-4-1)43-33-36-46(37-34-43)68(59-29-16-30-60-64(59)52-25-15-24-48(65(52)69-60)44-19-5-2-6-20-44)47-40-53(45-35-38-62-54(39-45)51-23-9-13-31-61(51)70-62)66-58(41-47)67(57-28-12-14-32-63(57)71-66)55-26-10-7-21-49(55)50-22-8-11-27-56(50)67/h1-41H. The molecule has 15 rings (SSSR count). The average Bonchev–Trinajstić information content (AvgIpc) is 4.11. The van der Waals surface area contributed by atoms with E-state index < -0.39 is 5.41 Å². The highest BCUT2D eigenvalue weighted by Crippen LogP contribution is 2.64. The lowest BCUT2D eigenvalue weighted by molar-refractivity contribution is 0.670. The molecule has 0 atom stereocenters. The molecule has 0 saturated heterocycles. The predicted molar refractivity (Wildman–Crippen MR) is 299 cm³/mol. The van der Waals surface area contributed by atoms with Crippen LogP contribution in [0.15, 0.2) is 263 Å². The fourth-order valence-electron chi connectivity index (χ4n) is 11.9. The summed E-state index contributed by atoms with van der Waals surface area (Å²) in [7, 11) is 0. The molecule has 0 radical (unpaired) electrons. The van der Waals surface area contributed by atoms with E-state index in [1.807, 2.05) is 23.1 Å². The number of thiophene rings is 1. The quantitative estimate of drug-likeness (QED) is 0.165. The van der Waals surface area contributed by atoms with Gasteiger partial charge in [0.1, 0.15) is 11.2 Å². The average molecular weight is 940 g/mol. The summed E-state index contributed by atoms with van der Waals surface area (Å²) < 4.78 is 9.59. The first-order valence-corrected chi connectivity index (χ1v) is 25.9. The molecule has 0 fully saturated rings. The van der Waals surface area contributed by atoms with Crippen LogP contribution in [-0.4, -0.2) is 0 Å². The summed E-state index contributed by atoms with van der Waals surface area (Å²) in [6, 6.07) is 91.9. The van der Waals surface area contributed by atoms with Gasteiger partial charge in [-0.1, -0.05) is 200 Å². The molecule has 332 valence electrons. The van der Waals surface area contributed by atoms with Crippen molar-refractivity contribution >= 4 is 82.3 Å². The van der Waals surface area contributed by atoms with Crippen LogP contribution in [0.25, 0.3) is 86.6 Å². The van der Waals surface area contributed by atoms with Gasteiger partial charge in [0.25, 0.3) is 0 Å². The summed E-state index contributed by atoms with van der Waals surface area (Å²) in [6.07, 6.45) is 0. The maximum atomic E-state index is 6.99. The van der Waals surface area contributed by atoms with Crippen LogP contribution in [0.3, 0.4) is 0 Å². The molecule has 0 saturated carbocycles. The van der Waals surface area contributed by atoms with E-state index in [1.54, 1.807) is 0 Å². The highest BCUT2D eigenvalue weighted by Gasteiger charge is 2.51. The second kappa shape index (κ2) is 15.8. The van der Waals surface area contributed by atoms with Crippen molar-refractivity contribution in [1.29, 1.82) is 0 Å². The Kier molecular flexibility index (Phi) is 9.01.